The predicted octanol–water partition coefficient (Wildman–Crippen LogP) is 1.32. The van der Waals surface area contributed by atoms with Crippen molar-refractivity contribution in [3.05, 3.63) is 59.2 Å². The van der Waals surface area contributed by atoms with Crippen LogP contribution in [0.25, 0.3) is 6.08 Å². The van der Waals surface area contributed by atoms with Gasteiger partial charge < -0.3 is 54.3 Å². The minimum Gasteiger partial charge on any atom is -0.508 e. The molecule has 0 amide bonds. The largest absolute Gasteiger partial charge is 0.508 e. The molecule has 0 radical (unpaired) electrons. The summed E-state index contributed by atoms with van der Waals surface area (Å²) in [5.41, 5.74) is 2.87. The molecule has 2 aliphatic heterocycles. The van der Waals surface area contributed by atoms with E-state index >= 15 is 0 Å². The van der Waals surface area contributed by atoms with Gasteiger partial charge in [-0.05, 0) is 64.3 Å². The second-order valence-corrected chi connectivity index (χ2v) is 11.0. The third kappa shape index (κ3) is 9.93. The Bertz CT molecular complexity index is 1110. The zero-order chi connectivity index (χ0) is 31.7. The maximum atomic E-state index is 12.8. The number of rotatable bonds is 12. The second kappa shape index (κ2) is 16.4. The molecule has 0 bridgehead atoms. The Hall–Kier alpha value is -2.65. The zero-order valence-electron chi connectivity index (χ0n) is 24.9. The SMILES string of the molecule is CC(C)=CCC/C(C)=C/CO[C@@H]1O[C@H](CO)[C@@H](OC(=O)/C=C\c2ccc(O)cc2)[C@H](O[C@@H]2O[C@@H](C)[C@H](O)[C@@H](O)[C@H]2O)[C@H]1O. The van der Waals surface area contributed by atoms with Crippen LogP contribution in [0.4, 0.5) is 0 Å². The lowest BCUT2D eigenvalue weighted by molar-refractivity contribution is -0.356. The highest BCUT2D eigenvalue weighted by molar-refractivity contribution is 5.87. The summed E-state index contributed by atoms with van der Waals surface area (Å²) in [6.45, 7) is 6.89. The monoisotopic (exact) mass is 608 g/mol. The molecular weight excluding hydrogens is 564 g/mol. The maximum Gasteiger partial charge on any atom is 0.331 e. The van der Waals surface area contributed by atoms with Crippen LogP contribution in [0, 0.1) is 0 Å². The maximum absolute atomic E-state index is 12.8. The fourth-order valence-corrected chi connectivity index (χ4v) is 4.66. The number of aliphatic hydroxyl groups excluding tert-OH is 5. The molecule has 12 nitrogen and oxygen atoms in total. The summed E-state index contributed by atoms with van der Waals surface area (Å²) in [6, 6.07) is 6.06. The standard InChI is InChI=1S/C31H44O12/c1-17(2)6-5-7-18(3)14-15-39-30-27(38)29(43-31-26(37)25(36)24(35)19(4)40-31)28(22(16-32)41-30)42-23(34)13-10-20-8-11-21(33)12-9-20/h6,8-14,19,22,24-33,35-38H,5,7,15-16H2,1-4H3/b13-10-,18-14+/t19-,22+,24-,25+,26+,27+,28+,29+,30+,31-/m0/s1. The number of hydrogen-bond acceptors (Lipinski definition) is 12. The van der Waals surface area contributed by atoms with Gasteiger partial charge in [-0.3, -0.25) is 0 Å². The van der Waals surface area contributed by atoms with Gasteiger partial charge in [0.15, 0.2) is 18.7 Å². The third-order valence-electron chi connectivity index (χ3n) is 7.23. The summed E-state index contributed by atoms with van der Waals surface area (Å²) in [5.74, 6) is -0.798. The average Bonchev–Trinajstić information content (AvgIpc) is 2.97. The number of phenols is 1. The number of aliphatic hydroxyl groups is 5. The van der Waals surface area contributed by atoms with E-state index in [0.717, 1.165) is 24.5 Å². The molecular formula is C31H44O12. The van der Waals surface area contributed by atoms with E-state index in [1.807, 2.05) is 26.8 Å². The molecule has 6 N–H and O–H groups in total. The number of allylic oxidation sites excluding steroid dienone is 3. The smallest absolute Gasteiger partial charge is 0.331 e. The Labute approximate surface area is 251 Å². The molecule has 1 aromatic rings. The van der Waals surface area contributed by atoms with Gasteiger partial charge in [0.2, 0.25) is 0 Å². The molecule has 43 heavy (non-hydrogen) atoms. The van der Waals surface area contributed by atoms with Crippen LogP contribution in [0.2, 0.25) is 0 Å². The van der Waals surface area contributed by atoms with Crippen molar-refractivity contribution in [3.8, 4) is 5.75 Å². The molecule has 0 aliphatic carbocycles. The molecule has 2 aliphatic rings. The summed E-state index contributed by atoms with van der Waals surface area (Å²) in [5, 5.41) is 61.7. The van der Waals surface area contributed by atoms with Gasteiger partial charge in [0.05, 0.1) is 19.3 Å². The van der Waals surface area contributed by atoms with Gasteiger partial charge >= 0.3 is 5.97 Å². The minimum absolute atomic E-state index is 0.0593. The molecule has 0 saturated carbocycles. The summed E-state index contributed by atoms with van der Waals surface area (Å²) >= 11 is 0. The quantitative estimate of drug-likeness (QED) is 0.114. The number of benzene rings is 1. The first-order valence-electron chi connectivity index (χ1n) is 14.3. The number of carbonyl (C=O) groups excluding carboxylic acids is 1. The Morgan fingerprint density at radius 1 is 0.907 bits per heavy atom. The Morgan fingerprint density at radius 2 is 1.60 bits per heavy atom. The Morgan fingerprint density at radius 3 is 2.26 bits per heavy atom. The van der Waals surface area contributed by atoms with Gasteiger partial charge in [0, 0.05) is 6.08 Å². The molecule has 3 rings (SSSR count). The van der Waals surface area contributed by atoms with Gasteiger partial charge in [-0.2, -0.15) is 0 Å². The Balaban J connectivity index is 1.78. The van der Waals surface area contributed by atoms with Gasteiger partial charge in [-0.15, -0.1) is 0 Å². The van der Waals surface area contributed by atoms with Crippen LogP contribution in [-0.2, 0) is 28.5 Å². The van der Waals surface area contributed by atoms with Gasteiger partial charge in [0.1, 0.15) is 42.4 Å². The van der Waals surface area contributed by atoms with Gasteiger partial charge in [-0.25, -0.2) is 4.79 Å². The van der Waals surface area contributed by atoms with Crippen LogP contribution in [0.3, 0.4) is 0 Å². The molecule has 10 atom stereocenters. The molecule has 2 heterocycles. The summed E-state index contributed by atoms with van der Waals surface area (Å²) in [6.07, 6.45) is -5.92. The third-order valence-corrected chi connectivity index (χ3v) is 7.23. The summed E-state index contributed by atoms with van der Waals surface area (Å²) in [7, 11) is 0. The lowest BCUT2D eigenvalue weighted by Crippen LogP contribution is -2.65. The lowest BCUT2D eigenvalue weighted by Gasteiger charge is -2.46. The molecule has 2 saturated heterocycles. The predicted molar refractivity (Wildman–Crippen MR) is 154 cm³/mol. The molecule has 0 spiro atoms. The van der Waals surface area contributed by atoms with E-state index in [1.165, 1.54) is 30.7 Å². The molecule has 240 valence electrons. The van der Waals surface area contributed by atoms with Gasteiger partial charge in [0.25, 0.3) is 0 Å². The van der Waals surface area contributed by atoms with Crippen LogP contribution < -0.4 is 0 Å². The molecule has 2 fully saturated rings. The number of aromatic hydroxyl groups is 1. The van der Waals surface area contributed by atoms with Gasteiger partial charge in [-0.1, -0.05) is 35.4 Å². The van der Waals surface area contributed by atoms with Crippen LogP contribution in [0.5, 0.6) is 5.75 Å². The van der Waals surface area contributed by atoms with Crippen molar-refractivity contribution in [1.82, 2.24) is 0 Å². The van der Waals surface area contributed by atoms with E-state index in [0.29, 0.717) is 5.56 Å². The topological polar surface area (TPSA) is 185 Å². The molecule has 0 unspecified atom stereocenters. The van der Waals surface area contributed by atoms with Crippen molar-refractivity contribution in [3.63, 3.8) is 0 Å². The lowest BCUT2D eigenvalue weighted by atomic mass is 9.97. The number of carbonyl (C=O) groups is 1. The number of phenolic OH excluding ortho intramolecular Hbond substituents is 1. The van der Waals surface area contributed by atoms with Crippen molar-refractivity contribution in [2.24, 2.45) is 0 Å². The summed E-state index contributed by atoms with van der Waals surface area (Å²) < 4.78 is 28.5. The average molecular weight is 609 g/mol. The fourth-order valence-electron chi connectivity index (χ4n) is 4.66. The Kier molecular flexibility index (Phi) is 13.3. The molecule has 1 aromatic carbocycles. The van der Waals surface area contributed by atoms with E-state index in [9.17, 15) is 35.4 Å². The zero-order valence-corrected chi connectivity index (χ0v) is 24.9. The summed E-state index contributed by atoms with van der Waals surface area (Å²) in [4.78, 5) is 12.8. The van der Waals surface area contributed by atoms with Crippen molar-refractivity contribution < 1.29 is 59.1 Å². The van der Waals surface area contributed by atoms with Crippen molar-refractivity contribution in [1.29, 1.82) is 0 Å². The first kappa shape index (κ1) is 34.8. The van der Waals surface area contributed by atoms with E-state index in [4.69, 9.17) is 23.7 Å². The minimum atomic E-state index is -1.70. The van der Waals surface area contributed by atoms with E-state index in [2.05, 4.69) is 6.08 Å². The second-order valence-electron chi connectivity index (χ2n) is 11.0. The number of ether oxygens (including phenoxy) is 5. The van der Waals surface area contributed by atoms with Crippen LogP contribution >= 0.6 is 0 Å². The number of hydrogen-bond donors (Lipinski definition) is 6. The van der Waals surface area contributed by atoms with Crippen molar-refractivity contribution in [2.45, 2.75) is 102 Å². The van der Waals surface area contributed by atoms with Crippen molar-refractivity contribution in [2.75, 3.05) is 13.2 Å². The normalized spacial score (nSPS) is 33.4. The molecule has 0 aromatic heterocycles. The van der Waals surface area contributed by atoms with E-state index in [1.54, 1.807) is 12.1 Å². The van der Waals surface area contributed by atoms with Crippen LogP contribution in [-0.4, -0.2) is 111 Å². The first-order valence-corrected chi connectivity index (χ1v) is 14.3. The highest BCUT2D eigenvalue weighted by Crippen LogP contribution is 2.31. The number of esters is 1. The molecule has 12 heteroatoms. The van der Waals surface area contributed by atoms with Crippen LogP contribution in [0.1, 0.15) is 46.1 Å². The van der Waals surface area contributed by atoms with Crippen molar-refractivity contribution >= 4 is 12.0 Å². The van der Waals surface area contributed by atoms with Crippen LogP contribution in [0.15, 0.2) is 53.6 Å². The first-order chi connectivity index (χ1) is 20.4. The van der Waals surface area contributed by atoms with E-state index < -0.39 is 74.0 Å². The highest BCUT2D eigenvalue weighted by atomic mass is 16.7. The fraction of sp³-hybridized carbons (Fsp3) is 0.581. The highest BCUT2D eigenvalue weighted by Gasteiger charge is 2.52. The van der Waals surface area contributed by atoms with E-state index in [-0.39, 0.29) is 12.4 Å².